The van der Waals surface area contributed by atoms with Crippen LogP contribution in [0.25, 0.3) is 33.3 Å². The molecule has 12 heteroatoms. The number of aliphatic hydroxyl groups excluding tert-OH is 1. The predicted molar refractivity (Wildman–Crippen MR) is 151 cm³/mol. The largest absolute Gasteiger partial charge is 0.389 e. The quantitative estimate of drug-likeness (QED) is 0.340. The van der Waals surface area contributed by atoms with E-state index in [2.05, 4.69) is 19.9 Å². The van der Waals surface area contributed by atoms with Crippen LogP contribution in [0.3, 0.4) is 0 Å². The van der Waals surface area contributed by atoms with Crippen molar-refractivity contribution in [3.63, 3.8) is 0 Å². The van der Waals surface area contributed by atoms with E-state index in [-0.39, 0.29) is 30.3 Å². The molecule has 0 saturated carbocycles. The molecular formula is C28H27ClN8O3. The molecule has 0 atom stereocenters. The Morgan fingerprint density at radius 1 is 1.07 bits per heavy atom. The highest BCUT2D eigenvalue weighted by molar-refractivity contribution is 6.30. The number of carbonyl (C=O) groups is 1. The van der Waals surface area contributed by atoms with E-state index in [0.29, 0.717) is 55.3 Å². The van der Waals surface area contributed by atoms with Gasteiger partial charge in [-0.2, -0.15) is 0 Å². The van der Waals surface area contributed by atoms with E-state index in [1.165, 1.54) is 6.33 Å². The molecule has 11 nitrogen and oxygen atoms in total. The smallest absolute Gasteiger partial charge is 0.327 e. The zero-order valence-corrected chi connectivity index (χ0v) is 22.3. The van der Waals surface area contributed by atoms with Crippen molar-refractivity contribution in [2.45, 2.75) is 31.5 Å². The highest BCUT2D eigenvalue weighted by Crippen LogP contribution is 2.37. The van der Waals surface area contributed by atoms with Crippen molar-refractivity contribution in [1.29, 1.82) is 0 Å². The number of fused-ring (bicyclic) bond motifs is 2. The van der Waals surface area contributed by atoms with Gasteiger partial charge in [0.1, 0.15) is 24.3 Å². The Kier molecular flexibility index (Phi) is 6.05. The normalized spacial score (nSPS) is 16.6. The van der Waals surface area contributed by atoms with Gasteiger partial charge >= 0.3 is 5.69 Å². The summed E-state index contributed by atoms with van der Waals surface area (Å²) >= 11 is 6.15. The lowest BCUT2D eigenvalue weighted by Gasteiger charge is -2.37. The van der Waals surface area contributed by atoms with Crippen molar-refractivity contribution < 1.29 is 9.90 Å². The minimum atomic E-state index is -0.382. The number of aromatic amines is 1. The highest BCUT2D eigenvalue weighted by Gasteiger charge is 2.30. The van der Waals surface area contributed by atoms with Crippen LogP contribution >= 0.6 is 11.6 Å². The van der Waals surface area contributed by atoms with Crippen molar-refractivity contribution in [2.75, 3.05) is 31.1 Å². The van der Waals surface area contributed by atoms with Gasteiger partial charge in [0, 0.05) is 55.2 Å². The molecule has 0 radical (unpaired) electrons. The molecule has 0 spiro atoms. The Bertz CT molecular complexity index is 1780. The number of imidazole rings is 1. The Labute approximate surface area is 233 Å². The summed E-state index contributed by atoms with van der Waals surface area (Å²) in [5.41, 5.74) is 3.71. The number of amides is 1. The number of nitrogens with one attached hydrogen (secondary N) is 1. The molecule has 5 aromatic rings. The van der Waals surface area contributed by atoms with Crippen molar-refractivity contribution in [2.24, 2.45) is 0 Å². The summed E-state index contributed by atoms with van der Waals surface area (Å²) in [5, 5.41) is 11.4. The first-order chi connectivity index (χ1) is 19.5. The minimum absolute atomic E-state index is 0.000548. The number of piperidine rings is 1. The number of benzene rings is 1. The first-order valence-electron chi connectivity index (χ1n) is 13.3. The molecule has 1 amide bonds. The van der Waals surface area contributed by atoms with Crippen molar-refractivity contribution in [1.82, 2.24) is 34.0 Å². The molecule has 2 aliphatic rings. The van der Waals surface area contributed by atoms with E-state index >= 15 is 0 Å². The third-order valence-corrected chi connectivity index (χ3v) is 8.18. The number of nitrogens with zero attached hydrogens (tertiary/aromatic N) is 7. The number of aromatic nitrogens is 6. The summed E-state index contributed by atoms with van der Waals surface area (Å²) < 4.78 is 3.65. The standard InChI is InChI=1S/C28H27ClN8O3/c29-18-5-3-17(4-6-18)21-14-36(27-24(21)26(31-16-32-27)35-12-20(38)13-35)15-23(39)34-10-7-19(8-11-34)37-22-2-1-9-30-25(22)33-28(37)40/h1-6,9,14,16,19-20,38H,7-8,10-13,15H2,(H,30,33,40). The Balaban J connectivity index is 1.15. The monoisotopic (exact) mass is 558 g/mol. The second kappa shape index (κ2) is 9.76. The van der Waals surface area contributed by atoms with Crippen LogP contribution in [-0.2, 0) is 11.3 Å². The van der Waals surface area contributed by atoms with Crippen molar-refractivity contribution >= 4 is 45.5 Å². The van der Waals surface area contributed by atoms with E-state index in [0.717, 1.165) is 27.8 Å². The first-order valence-corrected chi connectivity index (χ1v) is 13.7. The average molecular weight is 559 g/mol. The fraction of sp³-hybridized carbons (Fsp3) is 0.321. The van der Waals surface area contributed by atoms with E-state index in [1.54, 1.807) is 10.8 Å². The molecule has 2 N–H and O–H groups in total. The van der Waals surface area contributed by atoms with Crippen molar-refractivity contribution in [3.8, 4) is 11.1 Å². The maximum absolute atomic E-state index is 13.5. The van der Waals surface area contributed by atoms with Crippen LogP contribution < -0.4 is 10.6 Å². The lowest BCUT2D eigenvalue weighted by Crippen LogP contribution is -2.51. The molecule has 1 aromatic carbocycles. The van der Waals surface area contributed by atoms with Gasteiger partial charge < -0.3 is 19.5 Å². The number of aliphatic hydroxyl groups is 1. The van der Waals surface area contributed by atoms with E-state index in [4.69, 9.17) is 11.6 Å². The molecule has 204 valence electrons. The van der Waals surface area contributed by atoms with Gasteiger partial charge in [-0.25, -0.2) is 19.7 Å². The fourth-order valence-electron chi connectivity index (χ4n) is 5.88. The number of halogens is 1. The van der Waals surface area contributed by atoms with Crippen LogP contribution in [0.4, 0.5) is 5.82 Å². The summed E-state index contributed by atoms with van der Waals surface area (Å²) in [6.07, 6.45) is 6.10. The Hall–Kier alpha value is -4.22. The topological polar surface area (TPSA) is 125 Å². The zero-order valence-electron chi connectivity index (χ0n) is 21.6. The lowest BCUT2D eigenvalue weighted by atomic mass is 10.0. The van der Waals surface area contributed by atoms with Crippen LogP contribution in [-0.4, -0.2) is 77.3 Å². The number of anilines is 1. The number of β-amino-alcohol motifs (C(OH)–C–C–N with tert-alkyl or cyclic N) is 1. The van der Waals surface area contributed by atoms with Crippen LogP contribution in [0.2, 0.25) is 5.02 Å². The molecule has 7 rings (SSSR count). The molecule has 4 aromatic heterocycles. The van der Waals surface area contributed by atoms with Gasteiger partial charge in [0.15, 0.2) is 5.65 Å². The molecule has 40 heavy (non-hydrogen) atoms. The zero-order chi connectivity index (χ0) is 27.4. The van der Waals surface area contributed by atoms with E-state index in [9.17, 15) is 14.7 Å². The molecule has 0 aliphatic carbocycles. The van der Waals surface area contributed by atoms with Gasteiger partial charge in [0.2, 0.25) is 5.91 Å². The van der Waals surface area contributed by atoms with E-state index in [1.807, 2.05) is 57.0 Å². The third-order valence-electron chi connectivity index (χ3n) is 7.93. The van der Waals surface area contributed by atoms with Gasteiger partial charge in [-0.05, 0) is 42.7 Å². The maximum atomic E-state index is 13.5. The molecule has 0 unspecified atom stereocenters. The summed E-state index contributed by atoms with van der Waals surface area (Å²) in [5.74, 6) is 0.733. The van der Waals surface area contributed by atoms with Gasteiger partial charge in [-0.15, -0.1) is 0 Å². The second-order valence-electron chi connectivity index (χ2n) is 10.4. The van der Waals surface area contributed by atoms with Gasteiger partial charge in [0.25, 0.3) is 0 Å². The molecule has 6 heterocycles. The molecule has 0 bridgehead atoms. The number of pyridine rings is 1. The molecule has 2 aliphatic heterocycles. The maximum Gasteiger partial charge on any atom is 0.327 e. The molecule has 2 saturated heterocycles. The van der Waals surface area contributed by atoms with Crippen LogP contribution in [0.5, 0.6) is 0 Å². The highest BCUT2D eigenvalue weighted by atomic mass is 35.5. The summed E-state index contributed by atoms with van der Waals surface area (Å²) in [6.45, 7) is 2.24. The average Bonchev–Trinajstić information content (AvgIpc) is 3.49. The fourth-order valence-corrected chi connectivity index (χ4v) is 6.01. The van der Waals surface area contributed by atoms with E-state index < -0.39 is 0 Å². The third kappa shape index (κ3) is 4.22. The predicted octanol–water partition coefficient (Wildman–Crippen LogP) is 2.83. The second-order valence-corrected chi connectivity index (χ2v) is 10.9. The summed E-state index contributed by atoms with van der Waals surface area (Å²) in [4.78, 5) is 46.2. The van der Waals surface area contributed by atoms with Gasteiger partial charge in [0.05, 0.1) is 17.0 Å². The van der Waals surface area contributed by atoms with Crippen molar-refractivity contribution in [3.05, 3.63) is 70.6 Å². The molecular weight excluding hydrogens is 532 g/mol. The number of hydrogen-bond acceptors (Lipinski definition) is 7. The number of hydrogen-bond donors (Lipinski definition) is 2. The van der Waals surface area contributed by atoms with Gasteiger partial charge in [-0.3, -0.25) is 14.3 Å². The van der Waals surface area contributed by atoms with Crippen LogP contribution in [0, 0.1) is 0 Å². The number of likely N-dealkylation sites (tertiary alicyclic amines) is 1. The number of carbonyl (C=O) groups excluding carboxylic acids is 1. The minimum Gasteiger partial charge on any atom is -0.389 e. The van der Waals surface area contributed by atoms with Crippen LogP contribution in [0.1, 0.15) is 18.9 Å². The Morgan fingerprint density at radius 3 is 2.60 bits per heavy atom. The van der Waals surface area contributed by atoms with Gasteiger partial charge in [-0.1, -0.05) is 23.7 Å². The first kappa shape index (κ1) is 24.8. The van der Waals surface area contributed by atoms with Crippen LogP contribution in [0.15, 0.2) is 59.9 Å². The molecule has 2 fully saturated rings. The number of rotatable bonds is 5. The number of H-pyrrole nitrogens is 1. The Morgan fingerprint density at radius 2 is 1.85 bits per heavy atom. The summed E-state index contributed by atoms with van der Waals surface area (Å²) in [7, 11) is 0. The lowest BCUT2D eigenvalue weighted by molar-refractivity contribution is -0.133. The summed E-state index contributed by atoms with van der Waals surface area (Å²) in [6, 6.07) is 11.3. The SMILES string of the molecule is O=C(Cn1cc(-c2ccc(Cl)cc2)c2c(N3CC(O)C3)ncnc21)N1CCC(n2c(=O)[nH]c3ncccc32)CC1.